The van der Waals surface area contributed by atoms with Gasteiger partial charge in [0.15, 0.2) is 5.78 Å². The van der Waals surface area contributed by atoms with Crippen LogP contribution in [0.4, 0.5) is 0 Å². The van der Waals surface area contributed by atoms with Crippen molar-refractivity contribution in [3.05, 3.63) is 46.0 Å². The average molecular weight is 796 g/mol. The number of benzene rings is 1. The lowest BCUT2D eigenvalue weighted by molar-refractivity contribution is -0.235. The second-order valence-corrected chi connectivity index (χ2v) is 21.3. The minimum atomic E-state index is -0.975. The summed E-state index contributed by atoms with van der Waals surface area (Å²) in [6.07, 6.45) is 7.22. The number of carboxylic acids is 1. The number of likely N-dealkylation sites (N-methyl/N-ethyl adjacent to an activating group) is 1. The van der Waals surface area contributed by atoms with Gasteiger partial charge in [-0.1, -0.05) is 84.7 Å². The molecule has 2 N–H and O–H groups in total. The summed E-state index contributed by atoms with van der Waals surface area (Å²) < 4.78 is 6.13. The summed E-state index contributed by atoms with van der Waals surface area (Å²) in [5.41, 5.74) is 2.75. The third-order valence-electron chi connectivity index (χ3n) is 16.8. The molecule has 1 aromatic rings. The number of ether oxygens (including phenoxy) is 1. The molecule has 0 aliphatic heterocycles. The molecule has 9 heteroatoms. The number of fused-ring (bicyclic) bond motifs is 7. The summed E-state index contributed by atoms with van der Waals surface area (Å²) in [7, 11) is 4.17. The minimum Gasteiger partial charge on any atom is -0.481 e. The van der Waals surface area contributed by atoms with Gasteiger partial charge in [-0.05, 0) is 129 Å². The molecule has 312 valence electrons. The third-order valence-corrected chi connectivity index (χ3v) is 17.1. The summed E-state index contributed by atoms with van der Waals surface area (Å²) in [6, 6.07) is 8.00. The first-order valence-corrected chi connectivity index (χ1v) is 22.0. The minimum absolute atomic E-state index is 0.0262. The molecule has 0 saturated heterocycles. The van der Waals surface area contributed by atoms with Gasteiger partial charge in [0.05, 0.1) is 18.4 Å². The number of carboxylic acid groups (broad SMARTS) is 1. The van der Waals surface area contributed by atoms with Crippen LogP contribution in [0, 0.1) is 56.7 Å². The number of ketones is 1. The van der Waals surface area contributed by atoms with Gasteiger partial charge in [-0.15, -0.1) is 0 Å². The highest BCUT2D eigenvalue weighted by Crippen LogP contribution is 2.77. The Balaban J connectivity index is 1.29. The van der Waals surface area contributed by atoms with E-state index in [1.807, 2.05) is 12.1 Å². The second-order valence-electron chi connectivity index (χ2n) is 20.8. The SMILES string of the molecule is CC(C)C1=C2C3CCC4C5(C)CCC(OC(=O)CC(C)C(=O)O)C(C)(C)C5CCC4(C)C3(C)CCC2(C(O)CN(CCN(C)C)Cc2ccc(Cl)cc2)CC1=O. The summed E-state index contributed by atoms with van der Waals surface area (Å²) in [6.45, 7) is 21.0. The van der Waals surface area contributed by atoms with E-state index >= 15 is 0 Å². The molecule has 4 fully saturated rings. The zero-order chi connectivity index (χ0) is 41.2. The average Bonchev–Trinajstić information content (AvgIpc) is 3.43. The Kier molecular flexibility index (Phi) is 12.2. The largest absolute Gasteiger partial charge is 0.481 e. The predicted molar refractivity (Wildman–Crippen MR) is 222 cm³/mol. The second kappa shape index (κ2) is 15.7. The molecule has 10 unspecified atom stereocenters. The molecule has 0 radical (unpaired) electrons. The number of hydrogen-bond donors (Lipinski definition) is 2. The van der Waals surface area contributed by atoms with Crippen molar-refractivity contribution in [1.29, 1.82) is 0 Å². The van der Waals surface area contributed by atoms with Crippen LogP contribution < -0.4 is 0 Å². The van der Waals surface area contributed by atoms with Crippen molar-refractivity contribution in [3.8, 4) is 0 Å². The first-order chi connectivity index (χ1) is 26.1. The Hall–Kier alpha value is -2.26. The van der Waals surface area contributed by atoms with Gasteiger partial charge in [0.2, 0.25) is 0 Å². The number of hydrogen-bond acceptors (Lipinski definition) is 7. The van der Waals surface area contributed by atoms with Gasteiger partial charge in [-0.2, -0.15) is 0 Å². The molecule has 8 nitrogen and oxygen atoms in total. The standard InChI is InChI=1S/C47H71ClN2O6/c1-29(2)40-34(51)26-47(37(52)28-50(24-23-49(9)10)27-31-11-13-32(48)14-12-31)22-21-45(7)33(41(40)47)15-16-36-44(6)19-18-38(56-39(53)25-30(3)42(54)55)43(4,5)35(44)17-20-46(36,45)8/h11-14,29-30,33,35-38,52H,15-28H2,1-10H3,(H,54,55). The van der Waals surface area contributed by atoms with Crippen LogP contribution in [-0.4, -0.2) is 83.7 Å². The number of allylic oxidation sites excluding steroid dienone is 1. The number of esters is 1. The lowest BCUT2D eigenvalue weighted by atomic mass is 9.33. The lowest BCUT2D eigenvalue weighted by Gasteiger charge is -2.72. The van der Waals surface area contributed by atoms with Crippen LogP contribution in [-0.2, 0) is 25.7 Å². The molecule has 6 rings (SSSR count). The molecule has 10 atom stereocenters. The summed E-state index contributed by atoms with van der Waals surface area (Å²) in [4.78, 5) is 43.3. The molecule has 4 saturated carbocycles. The van der Waals surface area contributed by atoms with E-state index in [9.17, 15) is 24.6 Å². The van der Waals surface area contributed by atoms with Crippen molar-refractivity contribution in [2.75, 3.05) is 33.7 Å². The van der Waals surface area contributed by atoms with Crippen LogP contribution in [0.5, 0.6) is 0 Å². The fourth-order valence-electron chi connectivity index (χ4n) is 13.7. The molecular formula is C47H71ClN2O6. The van der Waals surface area contributed by atoms with Crippen LogP contribution >= 0.6 is 11.6 Å². The first kappa shape index (κ1) is 43.3. The van der Waals surface area contributed by atoms with Gasteiger partial charge in [-0.3, -0.25) is 19.3 Å². The number of rotatable bonds is 13. The van der Waals surface area contributed by atoms with Crippen LogP contribution in [0.2, 0.25) is 5.02 Å². The molecular weight excluding hydrogens is 724 g/mol. The summed E-state index contributed by atoms with van der Waals surface area (Å²) >= 11 is 6.24. The third kappa shape index (κ3) is 7.34. The van der Waals surface area contributed by atoms with Crippen LogP contribution in [0.15, 0.2) is 35.4 Å². The highest BCUT2D eigenvalue weighted by Gasteiger charge is 2.70. The molecule has 5 aliphatic carbocycles. The molecule has 5 aliphatic rings. The van der Waals surface area contributed by atoms with E-state index in [0.717, 1.165) is 75.6 Å². The lowest BCUT2D eigenvalue weighted by Crippen LogP contribution is -2.66. The quantitative estimate of drug-likeness (QED) is 0.191. The fraction of sp³-hybridized carbons (Fsp3) is 0.766. The van der Waals surface area contributed by atoms with E-state index in [4.69, 9.17) is 16.3 Å². The Morgan fingerprint density at radius 2 is 1.57 bits per heavy atom. The molecule has 0 aromatic heterocycles. The number of aliphatic carboxylic acids is 1. The number of carbonyl (C=O) groups excluding carboxylic acids is 2. The van der Waals surface area contributed by atoms with E-state index in [1.54, 1.807) is 6.92 Å². The maximum absolute atomic E-state index is 14.3. The molecule has 56 heavy (non-hydrogen) atoms. The predicted octanol–water partition coefficient (Wildman–Crippen LogP) is 9.07. The van der Waals surface area contributed by atoms with Gasteiger partial charge in [-0.25, -0.2) is 0 Å². The Morgan fingerprint density at radius 1 is 0.893 bits per heavy atom. The van der Waals surface area contributed by atoms with Gasteiger partial charge >= 0.3 is 11.9 Å². The molecule has 0 bridgehead atoms. The number of aliphatic hydroxyl groups is 1. The maximum Gasteiger partial charge on any atom is 0.306 e. The summed E-state index contributed by atoms with van der Waals surface area (Å²) in [5, 5.41) is 22.8. The van der Waals surface area contributed by atoms with Crippen LogP contribution in [0.1, 0.15) is 125 Å². The van der Waals surface area contributed by atoms with E-state index in [-0.39, 0.29) is 51.8 Å². The Morgan fingerprint density at radius 3 is 2.20 bits per heavy atom. The highest BCUT2D eigenvalue weighted by molar-refractivity contribution is 6.30. The normalized spacial score (nSPS) is 36.2. The molecule has 0 amide bonds. The zero-order valence-electron chi connectivity index (χ0n) is 36.1. The van der Waals surface area contributed by atoms with Crippen LogP contribution in [0.3, 0.4) is 0 Å². The first-order valence-electron chi connectivity index (χ1n) is 21.6. The van der Waals surface area contributed by atoms with Crippen molar-refractivity contribution in [1.82, 2.24) is 9.80 Å². The fourth-order valence-corrected chi connectivity index (χ4v) is 13.8. The molecule has 0 spiro atoms. The van der Waals surface area contributed by atoms with E-state index in [2.05, 4.69) is 84.5 Å². The number of aliphatic hydroxyl groups excluding tert-OH is 1. The van der Waals surface area contributed by atoms with Gasteiger partial charge in [0.25, 0.3) is 0 Å². The van der Waals surface area contributed by atoms with Crippen molar-refractivity contribution in [2.24, 2.45) is 56.7 Å². The summed E-state index contributed by atoms with van der Waals surface area (Å²) in [5.74, 6) is -0.714. The van der Waals surface area contributed by atoms with Gasteiger partial charge in [0.1, 0.15) is 6.10 Å². The van der Waals surface area contributed by atoms with E-state index in [0.29, 0.717) is 36.4 Å². The van der Waals surface area contributed by atoms with Crippen molar-refractivity contribution < 1.29 is 29.3 Å². The van der Waals surface area contributed by atoms with Crippen LogP contribution in [0.25, 0.3) is 0 Å². The zero-order valence-corrected chi connectivity index (χ0v) is 36.8. The topological polar surface area (TPSA) is 107 Å². The monoisotopic (exact) mass is 795 g/mol. The van der Waals surface area contributed by atoms with E-state index in [1.165, 1.54) is 5.57 Å². The number of halogens is 1. The highest BCUT2D eigenvalue weighted by atomic mass is 35.5. The molecule has 0 heterocycles. The van der Waals surface area contributed by atoms with Crippen molar-refractivity contribution >= 4 is 29.3 Å². The van der Waals surface area contributed by atoms with Crippen molar-refractivity contribution in [2.45, 2.75) is 138 Å². The Labute approximate surface area is 342 Å². The number of carbonyl (C=O) groups is 3. The van der Waals surface area contributed by atoms with Gasteiger partial charge in [0, 0.05) is 48.5 Å². The van der Waals surface area contributed by atoms with Crippen molar-refractivity contribution in [3.63, 3.8) is 0 Å². The molecule has 1 aromatic carbocycles. The maximum atomic E-state index is 14.3. The smallest absolute Gasteiger partial charge is 0.306 e. The van der Waals surface area contributed by atoms with E-state index < -0.39 is 29.4 Å². The Bertz CT molecular complexity index is 1690. The van der Waals surface area contributed by atoms with Gasteiger partial charge < -0.3 is 19.8 Å². The number of Topliss-reactive ketones (excluding diaryl/α,β-unsaturated/α-hetero) is 1. The number of nitrogens with zero attached hydrogens (tertiary/aromatic N) is 2.